The highest BCUT2D eigenvalue weighted by atomic mass is 35.5. The first-order valence-electron chi connectivity index (χ1n) is 6.95. The van der Waals surface area contributed by atoms with E-state index >= 15 is 0 Å². The van der Waals surface area contributed by atoms with Gasteiger partial charge in [-0.05, 0) is 54.7 Å². The molecule has 0 aliphatic rings. The molecule has 0 aliphatic carbocycles. The molecule has 0 N–H and O–H groups in total. The topological polar surface area (TPSA) is 0 Å². The van der Waals surface area contributed by atoms with Crippen molar-refractivity contribution >= 4 is 34.8 Å². The molecule has 0 amide bonds. The quantitative estimate of drug-likeness (QED) is 0.593. The number of alkyl halides is 2. The molecule has 112 valence electrons. The maximum absolute atomic E-state index is 6.30. The number of benzene rings is 2. The zero-order chi connectivity index (χ0) is 15.5. The van der Waals surface area contributed by atoms with Crippen LogP contribution in [0.5, 0.6) is 0 Å². The molecule has 0 spiro atoms. The Morgan fingerprint density at radius 2 is 1.62 bits per heavy atom. The van der Waals surface area contributed by atoms with Crippen LogP contribution in [-0.2, 0) is 11.8 Å². The molecule has 2 aromatic carbocycles. The predicted octanol–water partition coefficient (Wildman–Crippen LogP) is 5.91. The molecule has 2 aromatic rings. The van der Waals surface area contributed by atoms with Gasteiger partial charge in [0.1, 0.15) is 0 Å². The summed E-state index contributed by atoms with van der Waals surface area (Å²) in [6.07, 6.45) is 0.807. The van der Waals surface area contributed by atoms with Crippen molar-refractivity contribution in [3.05, 3.63) is 69.7 Å². The van der Waals surface area contributed by atoms with E-state index in [0.717, 1.165) is 12.0 Å². The molecule has 0 atom stereocenters. The largest absolute Gasteiger partial charge is 0.126 e. The summed E-state index contributed by atoms with van der Waals surface area (Å²) in [7, 11) is 0. The fourth-order valence-corrected chi connectivity index (χ4v) is 3.48. The van der Waals surface area contributed by atoms with Crippen LogP contribution in [-0.4, -0.2) is 11.8 Å². The van der Waals surface area contributed by atoms with E-state index in [9.17, 15) is 0 Å². The molecule has 3 heteroatoms. The summed E-state index contributed by atoms with van der Waals surface area (Å²) in [5, 5.41) is 0.715. The van der Waals surface area contributed by atoms with Crippen molar-refractivity contribution < 1.29 is 0 Å². The van der Waals surface area contributed by atoms with Crippen LogP contribution >= 0.6 is 34.8 Å². The van der Waals surface area contributed by atoms with Gasteiger partial charge in [-0.3, -0.25) is 0 Å². The zero-order valence-corrected chi connectivity index (χ0v) is 14.6. The normalized spacial score (nSPS) is 11.7. The summed E-state index contributed by atoms with van der Waals surface area (Å²) < 4.78 is 0. The standard InChI is InChI=1S/C18H19Cl3/c1-13-6-7-15(8-14(13)2)10-18(11-19,12-20)16-4-3-5-17(21)9-16/h3-9H,10-12H2,1-2H3. The van der Waals surface area contributed by atoms with Gasteiger partial charge >= 0.3 is 0 Å². The highest BCUT2D eigenvalue weighted by Gasteiger charge is 2.31. The molecule has 21 heavy (non-hydrogen) atoms. The molecule has 0 radical (unpaired) electrons. The Bertz CT molecular complexity index is 616. The third-order valence-corrected chi connectivity index (χ3v) is 5.32. The van der Waals surface area contributed by atoms with Crippen molar-refractivity contribution in [3.8, 4) is 0 Å². The molecular formula is C18H19Cl3. The Morgan fingerprint density at radius 1 is 0.905 bits per heavy atom. The second-order valence-corrected chi connectivity index (χ2v) is 6.62. The van der Waals surface area contributed by atoms with Crippen LogP contribution in [0.2, 0.25) is 5.02 Å². The summed E-state index contributed by atoms with van der Waals surface area (Å²) in [4.78, 5) is 0. The van der Waals surface area contributed by atoms with Crippen LogP contribution in [0, 0.1) is 13.8 Å². The molecule has 0 unspecified atom stereocenters. The molecule has 0 nitrogen and oxygen atoms in total. The van der Waals surface area contributed by atoms with Gasteiger partial charge in [0.25, 0.3) is 0 Å². The lowest BCUT2D eigenvalue weighted by atomic mass is 9.78. The number of hydrogen-bond donors (Lipinski definition) is 0. The first-order chi connectivity index (χ1) is 10.0. The van der Waals surface area contributed by atoms with Crippen molar-refractivity contribution in [1.82, 2.24) is 0 Å². The van der Waals surface area contributed by atoms with E-state index in [0.29, 0.717) is 16.8 Å². The van der Waals surface area contributed by atoms with Crippen molar-refractivity contribution in [2.45, 2.75) is 25.7 Å². The molecule has 0 saturated carbocycles. The average Bonchev–Trinajstić information content (AvgIpc) is 2.48. The lowest BCUT2D eigenvalue weighted by Gasteiger charge is -2.31. The lowest BCUT2D eigenvalue weighted by Crippen LogP contribution is -2.33. The van der Waals surface area contributed by atoms with Crippen LogP contribution in [0.3, 0.4) is 0 Å². The highest BCUT2D eigenvalue weighted by molar-refractivity contribution is 6.30. The minimum Gasteiger partial charge on any atom is -0.126 e. The van der Waals surface area contributed by atoms with Crippen LogP contribution in [0.15, 0.2) is 42.5 Å². The molecule has 0 aromatic heterocycles. The molecule has 0 heterocycles. The van der Waals surface area contributed by atoms with Crippen LogP contribution in [0.1, 0.15) is 22.3 Å². The smallest absolute Gasteiger partial charge is 0.0408 e. The minimum atomic E-state index is -0.296. The van der Waals surface area contributed by atoms with Crippen molar-refractivity contribution in [2.75, 3.05) is 11.8 Å². The number of aryl methyl sites for hydroxylation is 2. The SMILES string of the molecule is Cc1ccc(CC(CCl)(CCl)c2cccc(Cl)c2)cc1C. The Labute approximate surface area is 142 Å². The summed E-state index contributed by atoms with van der Waals surface area (Å²) in [6, 6.07) is 14.4. The van der Waals surface area contributed by atoms with Gasteiger partial charge in [-0.15, -0.1) is 23.2 Å². The van der Waals surface area contributed by atoms with Gasteiger partial charge in [0.2, 0.25) is 0 Å². The first-order valence-corrected chi connectivity index (χ1v) is 8.39. The van der Waals surface area contributed by atoms with Gasteiger partial charge in [-0.25, -0.2) is 0 Å². The van der Waals surface area contributed by atoms with E-state index in [-0.39, 0.29) is 5.41 Å². The van der Waals surface area contributed by atoms with E-state index in [1.807, 2.05) is 18.2 Å². The summed E-state index contributed by atoms with van der Waals surface area (Å²) in [5.41, 5.74) is 4.63. The zero-order valence-electron chi connectivity index (χ0n) is 12.3. The Kier molecular flexibility index (Phi) is 5.60. The van der Waals surface area contributed by atoms with Gasteiger partial charge in [0.15, 0.2) is 0 Å². The molecule has 0 bridgehead atoms. The molecule has 0 fully saturated rings. The second kappa shape index (κ2) is 7.05. The summed E-state index contributed by atoms with van der Waals surface area (Å²) in [6.45, 7) is 4.24. The average molecular weight is 342 g/mol. The third-order valence-electron chi connectivity index (χ3n) is 4.06. The number of hydrogen-bond acceptors (Lipinski definition) is 0. The van der Waals surface area contributed by atoms with Crippen LogP contribution in [0.25, 0.3) is 0 Å². The third kappa shape index (κ3) is 3.74. The summed E-state index contributed by atoms with van der Waals surface area (Å²) in [5.74, 6) is 0.924. The minimum absolute atomic E-state index is 0.296. The van der Waals surface area contributed by atoms with E-state index in [2.05, 4.69) is 38.1 Å². The van der Waals surface area contributed by atoms with E-state index < -0.39 is 0 Å². The maximum atomic E-state index is 6.30. The maximum Gasteiger partial charge on any atom is 0.0408 e. The van der Waals surface area contributed by atoms with Crippen molar-refractivity contribution in [1.29, 1.82) is 0 Å². The fraction of sp³-hybridized carbons (Fsp3) is 0.333. The summed E-state index contributed by atoms with van der Waals surface area (Å²) >= 11 is 18.7. The van der Waals surface area contributed by atoms with E-state index in [1.165, 1.54) is 16.7 Å². The Balaban J connectivity index is 2.40. The predicted molar refractivity (Wildman–Crippen MR) is 94.2 cm³/mol. The van der Waals surface area contributed by atoms with Gasteiger partial charge in [-0.2, -0.15) is 0 Å². The van der Waals surface area contributed by atoms with Crippen molar-refractivity contribution in [2.24, 2.45) is 0 Å². The first kappa shape index (κ1) is 16.7. The van der Waals surface area contributed by atoms with E-state index in [1.54, 1.807) is 0 Å². The van der Waals surface area contributed by atoms with Gasteiger partial charge < -0.3 is 0 Å². The molecule has 0 aliphatic heterocycles. The Morgan fingerprint density at radius 3 is 2.19 bits per heavy atom. The van der Waals surface area contributed by atoms with Gasteiger partial charge in [0, 0.05) is 22.2 Å². The number of halogens is 3. The van der Waals surface area contributed by atoms with Gasteiger partial charge in [0.05, 0.1) is 0 Å². The highest BCUT2D eigenvalue weighted by Crippen LogP contribution is 2.33. The van der Waals surface area contributed by atoms with Gasteiger partial charge in [-0.1, -0.05) is 41.9 Å². The Hall–Kier alpha value is -0.690. The molecule has 0 saturated heterocycles. The van der Waals surface area contributed by atoms with Crippen LogP contribution in [0.4, 0.5) is 0 Å². The fourth-order valence-electron chi connectivity index (χ4n) is 2.51. The second-order valence-electron chi connectivity index (χ2n) is 5.65. The van der Waals surface area contributed by atoms with Crippen molar-refractivity contribution in [3.63, 3.8) is 0 Å². The number of rotatable bonds is 5. The lowest BCUT2D eigenvalue weighted by molar-refractivity contribution is 0.536. The van der Waals surface area contributed by atoms with E-state index in [4.69, 9.17) is 34.8 Å². The monoisotopic (exact) mass is 340 g/mol. The van der Waals surface area contributed by atoms with Crippen LogP contribution < -0.4 is 0 Å². The molecular weight excluding hydrogens is 323 g/mol. The molecule has 2 rings (SSSR count).